The normalized spacial score (nSPS) is 21.4. The van der Waals surface area contributed by atoms with Crippen LogP contribution in [0.1, 0.15) is 56.1 Å². The highest BCUT2D eigenvalue weighted by molar-refractivity contribution is 5.91. The first-order chi connectivity index (χ1) is 11.0. The highest BCUT2D eigenvalue weighted by Gasteiger charge is 2.52. The number of hydrogen-bond donors (Lipinski definition) is 2. The number of carboxylic acids is 1. The molecule has 0 aromatic heterocycles. The summed E-state index contributed by atoms with van der Waals surface area (Å²) in [5, 5.41) is 12.6. The SMILES string of the molecule is Cc1cccc(C2(C(=O)NCC3(C(=O)O)CCCCC3)CC2)c1. The summed E-state index contributed by atoms with van der Waals surface area (Å²) in [5.74, 6) is -0.771. The third-order valence-electron chi connectivity index (χ3n) is 5.61. The molecule has 0 unspecified atom stereocenters. The zero-order chi connectivity index (χ0) is 16.5. The Hall–Kier alpha value is -1.84. The quantitative estimate of drug-likeness (QED) is 0.877. The number of carbonyl (C=O) groups excluding carboxylic acids is 1. The summed E-state index contributed by atoms with van der Waals surface area (Å²) < 4.78 is 0. The highest BCUT2D eigenvalue weighted by atomic mass is 16.4. The molecular formula is C19H25NO3. The van der Waals surface area contributed by atoms with E-state index in [0.717, 1.165) is 43.2 Å². The lowest BCUT2D eigenvalue weighted by atomic mass is 9.74. The predicted molar refractivity (Wildman–Crippen MR) is 88.3 cm³/mol. The first kappa shape index (κ1) is 16.0. The monoisotopic (exact) mass is 315 g/mol. The lowest BCUT2D eigenvalue weighted by Gasteiger charge is -2.33. The number of benzene rings is 1. The van der Waals surface area contributed by atoms with Gasteiger partial charge in [0.05, 0.1) is 10.8 Å². The smallest absolute Gasteiger partial charge is 0.311 e. The van der Waals surface area contributed by atoms with Crippen LogP contribution in [-0.4, -0.2) is 23.5 Å². The molecule has 0 heterocycles. The number of aliphatic carboxylic acids is 1. The molecule has 2 N–H and O–H groups in total. The topological polar surface area (TPSA) is 66.4 Å². The fraction of sp³-hybridized carbons (Fsp3) is 0.579. The lowest BCUT2D eigenvalue weighted by molar-refractivity contribution is -0.151. The minimum Gasteiger partial charge on any atom is -0.481 e. The maximum Gasteiger partial charge on any atom is 0.311 e. The van der Waals surface area contributed by atoms with Gasteiger partial charge in [0.25, 0.3) is 0 Å². The van der Waals surface area contributed by atoms with Crippen LogP contribution in [0.5, 0.6) is 0 Å². The van der Waals surface area contributed by atoms with Gasteiger partial charge in [0.15, 0.2) is 0 Å². The number of carbonyl (C=O) groups is 2. The van der Waals surface area contributed by atoms with Gasteiger partial charge in [-0.25, -0.2) is 0 Å². The second-order valence-corrected chi connectivity index (χ2v) is 7.28. The second kappa shape index (κ2) is 5.99. The Morgan fingerprint density at radius 2 is 1.83 bits per heavy atom. The number of nitrogens with one attached hydrogen (secondary N) is 1. The van der Waals surface area contributed by atoms with E-state index >= 15 is 0 Å². The zero-order valence-corrected chi connectivity index (χ0v) is 13.7. The van der Waals surface area contributed by atoms with Crippen molar-refractivity contribution in [2.45, 2.75) is 57.3 Å². The first-order valence-corrected chi connectivity index (χ1v) is 8.57. The third kappa shape index (κ3) is 2.99. The predicted octanol–water partition coefficient (Wildman–Crippen LogP) is 3.18. The van der Waals surface area contributed by atoms with E-state index in [2.05, 4.69) is 11.4 Å². The summed E-state index contributed by atoms with van der Waals surface area (Å²) in [7, 11) is 0. The van der Waals surface area contributed by atoms with Crippen LogP contribution in [0.25, 0.3) is 0 Å². The molecular weight excluding hydrogens is 290 g/mol. The second-order valence-electron chi connectivity index (χ2n) is 7.28. The molecule has 0 bridgehead atoms. The summed E-state index contributed by atoms with van der Waals surface area (Å²) >= 11 is 0. The number of aryl methyl sites for hydroxylation is 1. The Labute approximate surface area is 137 Å². The van der Waals surface area contributed by atoms with Gasteiger partial charge >= 0.3 is 5.97 Å². The van der Waals surface area contributed by atoms with Gasteiger partial charge in [-0.1, -0.05) is 49.1 Å². The first-order valence-electron chi connectivity index (χ1n) is 8.57. The average Bonchev–Trinajstić information content (AvgIpc) is 3.35. The van der Waals surface area contributed by atoms with Crippen molar-refractivity contribution in [3.05, 3.63) is 35.4 Å². The molecule has 4 heteroatoms. The minimum absolute atomic E-state index is 0.00528. The molecule has 1 aromatic rings. The van der Waals surface area contributed by atoms with Gasteiger partial charge in [-0.3, -0.25) is 9.59 Å². The molecule has 2 fully saturated rings. The summed E-state index contributed by atoms with van der Waals surface area (Å²) in [6, 6.07) is 8.09. The van der Waals surface area contributed by atoms with Crippen molar-refractivity contribution in [2.75, 3.05) is 6.54 Å². The van der Waals surface area contributed by atoms with Crippen molar-refractivity contribution in [3.63, 3.8) is 0 Å². The van der Waals surface area contributed by atoms with Crippen molar-refractivity contribution < 1.29 is 14.7 Å². The molecule has 0 saturated heterocycles. The summed E-state index contributed by atoms with van der Waals surface area (Å²) in [6.07, 6.45) is 6.00. The van der Waals surface area contributed by atoms with Gasteiger partial charge in [0, 0.05) is 6.54 Å². The van der Waals surface area contributed by atoms with Crippen molar-refractivity contribution in [1.29, 1.82) is 0 Å². The van der Waals surface area contributed by atoms with Crippen molar-refractivity contribution >= 4 is 11.9 Å². The molecule has 1 aromatic carbocycles. The average molecular weight is 315 g/mol. The molecule has 4 nitrogen and oxygen atoms in total. The molecule has 124 valence electrons. The highest BCUT2D eigenvalue weighted by Crippen LogP contribution is 2.48. The molecule has 1 amide bonds. The summed E-state index contributed by atoms with van der Waals surface area (Å²) in [4.78, 5) is 24.5. The Kier molecular flexibility index (Phi) is 4.17. The van der Waals surface area contributed by atoms with Gasteiger partial charge in [-0.05, 0) is 38.2 Å². The Bertz CT molecular complexity index is 613. The van der Waals surface area contributed by atoms with Crippen LogP contribution < -0.4 is 5.32 Å². The van der Waals surface area contributed by atoms with E-state index < -0.39 is 16.8 Å². The Morgan fingerprint density at radius 3 is 2.39 bits per heavy atom. The van der Waals surface area contributed by atoms with E-state index in [-0.39, 0.29) is 12.5 Å². The third-order valence-corrected chi connectivity index (χ3v) is 5.61. The van der Waals surface area contributed by atoms with Gasteiger partial charge in [0.2, 0.25) is 5.91 Å². The number of rotatable bonds is 5. The van der Waals surface area contributed by atoms with Crippen LogP contribution in [0.3, 0.4) is 0 Å². The van der Waals surface area contributed by atoms with Gasteiger partial charge < -0.3 is 10.4 Å². The van der Waals surface area contributed by atoms with E-state index in [1.807, 2.05) is 25.1 Å². The van der Waals surface area contributed by atoms with Crippen LogP contribution in [0, 0.1) is 12.3 Å². The molecule has 23 heavy (non-hydrogen) atoms. The zero-order valence-electron chi connectivity index (χ0n) is 13.7. The lowest BCUT2D eigenvalue weighted by Crippen LogP contribution is -2.47. The van der Waals surface area contributed by atoms with Crippen LogP contribution in [0.15, 0.2) is 24.3 Å². The fourth-order valence-corrected chi connectivity index (χ4v) is 3.83. The summed E-state index contributed by atoms with van der Waals surface area (Å²) in [5.41, 5.74) is 1.01. The maximum absolute atomic E-state index is 12.7. The van der Waals surface area contributed by atoms with E-state index in [1.165, 1.54) is 0 Å². The Balaban J connectivity index is 1.70. The fourth-order valence-electron chi connectivity index (χ4n) is 3.83. The van der Waals surface area contributed by atoms with Gasteiger partial charge in [-0.2, -0.15) is 0 Å². The van der Waals surface area contributed by atoms with E-state index in [4.69, 9.17) is 0 Å². The summed E-state index contributed by atoms with van der Waals surface area (Å²) in [6.45, 7) is 2.29. The number of carboxylic acid groups (broad SMARTS) is 1. The van der Waals surface area contributed by atoms with Crippen LogP contribution in [-0.2, 0) is 15.0 Å². The van der Waals surface area contributed by atoms with Gasteiger partial charge in [0.1, 0.15) is 0 Å². The van der Waals surface area contributed by atoms with E-state index in [1.54, 1.807) is 0 Å². The number of hydrogen-bond acceptors (Lipinski definition) is 2. The van der Waals surface area contributed by atoms with Crippen LogP contribution >= 0.6 is 0 Å². The van der Waals surface area contributed by atoms with Crippen molar-refractivity contribution in [3.8, 4) is 0 Å². The maximum atomic E-state index is 12.7. The van der Waals surface area contributed by atoms with Crippen LogP contribution in [0.2, 0.25) is 0 Å². The molecule has 3 rings (SSSR count). The molecule has 0 aliphatic heterocycles. The molecule has 2 saturated carbocycles. The molecule has 2 aliphatic carbocycles. The van der Waals surface area contributed by atoms with E-state index in [9.17, 15) is 14.7 Å². The number of amides is 1. The van der Waals surface area contributed by atoms with E-state index in [0.29, 0.717) is 12.8 Å². The molecule has 2 aliphatic rings. The van der Waals surface area contributed by atoms with Crippen molar-refractivity contribution in [2.24, 2.45) is 5.41 Å². The largest absolute Gasteiger partial charge is 0.481 e. The standard InChI is InChI=1S/C19H25NO3/c1-14-6-5-7-15(12-14)19(10-11-19)16(21)20-13-18(17(22)23)8-3-2-4-9-18/h5-7,12H,2-4,8-11,13H2,1H3,(H,20,21)(H,22,23). The molecule has 0 spiro atoms. The molecule has 0 atom stereocenters. The molecule has 0 radical (unpaired) electrons. The van der Waals surface area contributed by atoms with Crippen LogP contribution in [0.4, 0.5) is 0 Å². The van der Waals surface area contributed by atoms with Gasteiger partial charge in [-0.15, -0.1) is 0 Å². The van der Waals surface area contributed by atoms with Crippen molar-refractivity contribution in [1.82, 2.24) is 5.32 Å². The Morgan fingerprint density at radius 1 is 1.13 bits per heavy atom. The minimum atomic E-state index is -0.767.